The number of halogens is 5. The van der Waals surface area contributed by atoms with Crippen molar-refractivity contribution < 1.29 is 40.2 Å². The van der Waals surface area contributed by atoms with Crippen LogP contribution in [0.3, 0.4) is 0 Å². The predicted octanol–water partition coefficient (Wildman–Crippen LogP) is 5.30. The molecule has 4 aromatic rings. The van der Waals surface area contributed by atoms with Crippen LogP contribution in [-0.4, -0.2) is 23.9 Å². The van der Waals surface area contributed by atoms with Gasteiger partial charge in [-0.15, -0.1) is 13.2 Å². The first kappa shape index (κ1) is 23.1. The Balaban J connectivity index is 1.98. The molecule has 0 radical (unpaired) electrons. The lowest BCUT2D eigenvalue weighted by atomic mass is 10.1. The lowest BCUT2D eigenvalue weighted by molar-refractivity contribution is -0.274. The average Bonchev–Trinajstić information content (AvgIpc) is 3.15. The van der Waals surface area contributed by atoms with Gasteiger partial charge in [0.05, 0.1) is 22.8 Å². The molecule has 1 heterocycles. The van der Waals surface area contributed by atoms with E-state index in [1.165, 1.54) is 24.3 Å². The van der Waals surface area contributed by atoms with Crippen molar-refractivity contribution in [1.82, 2.24) is 3.97 Å². The molecule has 0 aliphatic heterocycles. The number of phenolic OH excluding ortho intramolecular Hbond substituents is 1. The number of hydrogen-bond acceptors (Lipinski definition) is 5. The van der Waals surface area contributed by atoms with Crippen LogP contribution in [0, 0.1) is 23.0 Å². The van der Waals surface area contributed by atoms with Gasteiger partial charge in [-0.1, -0.05) is 0 Å². The molecule has 0 saturated heterocycles. The average molecular weight is 494 g/mol. The Labute approximate surface area is 188 Å². The van der Waals surface area contributed by atoms with E-state index in [9.17, 15) is 35.5 Å². The molecule has 0 aliphatic rings. The van der Waals surface area contributed by atoms with Crippen molar-refractivity contribution in [2.75, 3.05) is 0 Å². The second-order valence-electron chi connectivity index (χ2n) is 6.99. The number of nitrogens with zero attached hydrogens (tertiary/aromatic N) is 2. The first-order valence-electron chi connectivity index (χ1n) is 9.26. The van der Waals surface area contributed by atoms with Crippen molar-refractivity contribution in [2.45, 2.75) is 11.3 Å². The van der Waals surface area contributed by atoms with Gasteiger partial charge in [0.1, 0.15) is 16.5 Å². The van der Waals surface area contributed by atoms with E-state index < -0.39 is 44.4 Å². The fourth-order valence-corrected chi connectivity index (χ4v) is 5.03. The van der Waals surface area contributed by atoms with Gasteiger partial charge in [0.25, 0.3) is 10.0 Å². The molecule has 0 spiro atoms. The molecule has 0 amide bonds. The molecular formula is C22H11F5N2O4S. The third-order valence-corrected chi connectivity index (χ3v) is 6.52. The van der Waals surface area contributed by atoms with Gasteiger partial charge >= 0.3 is 6.36 Å². The Hall–Kier alpha value is -4.11. The van der Waals surface area contributed by atoms with E-state index in [1.807, 2.05) is 6.07 Å². The quantitative estimate of drug-likeness (QED) is 0.389. The predicted molar refractivity (Wildman–Crippen MR) is 109 cm³/mol. The molecule has 34 heavy (non-hydrogen) atoms. The Bertz CT molecular complexity index is 1570. The number of benzene rings is 3. The maximum atomic E-state index is 13.9. The van der Waals surface area contributed by atoms with Crippen LogP contribution in [0.2, 0.25) is 0 Å². The lowest BCUT2D eigenvalue weighted by Crippen LogP contribution is -2.17. The molecule has 6 nitrogen and oxygen atoms in total. The van der Waals surface area contributed by atoms with E-state index in [2.05, 4.69) is 4.74 Å². The summed E-state index contributed by atoms with van der Waals surface area (Å²) in [7, 11) is -4.84. The maximum absolute atomic E-state index is 13.9. The number of hydrogen-bond donors (Lipinski definition) is 1. The van der Waals surface area contributed by atoms with Gasteiger partial charge in [-0.3, -0.25) is 0 Å². The zero-order valence-electron chi connectivity index (χ0n) is 16.6. The molecule has 3 aromatic carbocycles. The van der Waals surface area contributed by atoms with Crippen molar-refractivity contribution >= 4 is 20.9 Å². The SMILES string of the molecule is N#Cc1ccc2c(c1)cc(-c1ccc(OC(F)(F)F)cc1)n2S(=O)(=O)c1cc(F)cc(F)c1O. The number of ether oxygens (including phenoxy) is 1. The summed E-state index contributed by atoms with van der Waals surface area (Å²) in [5, 5.41) is 19.4. The number of alkyl halides is 3. The highest BCUT2D eigenvalue weighted by atomic mass is 32.2. The summed E-state index contributed by atoms with van der Waals surface area (Å²) >= 11 is 0. The minimum Gasteiger partial charge on any atom is -0.504 e. The molecule has 0 atom stereocenters. The van der Waals surface area contributed by atoms with Crippen molar-refractivity contribution in [3.63, 3.8) is 0 Å². The van der Waals surface area contributed by atoms with Crippen molar-refractivity contribution in [2.24, 2.45) is 0 Å². The van der Waals surface area contributed by atoms with Gasteiger partial charge in [0, 0.05) is 11.5 Å². The van der Waals surface area contributed by atoms with Gasteiger partial charge in [-0.2, -0.15) is 5.26 Å². The zero-order chi connectivity index (χ0) is 24.8. The molecule has 1 N–H and O–H groups in total. The van der Waals surface area contributed by atoms with Gasteiger partial charge in [-0.25, -0.2) is 21.2 Å². The zero-order valence-corrected chi connectivity index (χ0v) is 17.5. The first-order chi connectivity index (χ1) is 15.9. The molecule has 12 heteroatoms. The van der Waals surface area contributed by atoms with Crippen LogP contribution in [0.25, 0.3) is 22.2 Å². The second kappa shape index (κ2) is 8.03. The van der Waals surface area contributed by atoms with Crippen LogP contribution in [-0.2, 0) is 10.0 Å². The summed E-state index contributed by atoms with van der Waals surface area (Å²) in [4.78, 5) is -1.06. The normalized spacial score (nSPS) is 12.0. The minimum absolute atomic E-state index is 0.00584. The molecule has 174 valence electrons. The number of rotatable bonds is 4. The largest absolute Gasteiger partial charge is 0.573 e. The molecule has 1 aromatic heterocycles. The van der Waals surface area contributed by atoms with Crippen LogP contribution in [0.1, 0.15) is 5.56 Å². The van der Waals surface area contributed by atoms with E-state index in [1.54, 1.807) is 0 Å². The smallest absolute Gasteiger partial charge is 0.504 e. The van der Waals surface area contributed by atoms with Crippen molar-refractivity contribution in [3.8, 4) is 28.8 Å². The highest BCUT2D eigenvalue weighted by Crippen LogP contribution is 2.37. The summed E-state index contributed by atoms with van der Waals surface area (Å²) in [6.45, 7) is 0. The van der Waals surface area contributed by atoms with E-state index in [0.29, 0.717) is 16.1 Å². The Morgan fingerprint density at radius 3 is 2.26 bits per heavy atom. The van der Waals surface area contributed by atoms with E-state index >= 15 is 0 Å². The molecule has 0 unspecified atom stereocenters. The van der Waals surface area contributed by atoms with E-state index in [4.69, 9.17) is 5.26 Å². The molecule has 0 fully saturated rings. The summed E-state index contributed by atoms with van der Waals surface area (Å²) in [6.07, 6.45) is -4.94. The maximum Gasteiger partial charge on any atom is 0.573 e. The van der Waals surface area contributed by atoms with Crippen LogP contribution >= 0.6 is 0 Å². The number of aromatic nitrogens is 1. The lowest BCUT2D eigenvalue weighted by Gasteiger charge is -2.14. The molecule has 0 bridgehead atoms. The van der Waals surface area contributed by atoms with Crippen molar-refractivity contribution in [3.05, 3.63) is 77.9 Å². The topological polar surface area (TPSA) is 92.3 Å². The first-order valence-corrected chi connectivity index (χ1v) is 10.7. The highest BCUT2D eigenvalue weighted by molar-refractivity contribution is 7.90. The van der Waals surface area contributed by atoms with E-state index in [-0.39, 0.29) is 27.7 Å². The van der Waals surface area contributed by atoms with Crippen LogP contribution in [0.4, 0.5) is 22.0 Å². The van der Waals surface area contributed by atoms with Crippen LogP contribution < -0.4 is 4.74 Å². The number of fused-ring (bicyclic) bond motifs is 1. The van der Waals surface area contributed by atoms with Gasteiger partial charge < -0.3 is 9.84 Å². The third-order valence-electron chi connectivity index (χ3n) is 4.78. The Morgan fingerprint density at radius 2 is 1.65 bits per heavy atom. The molecule has 4 rings (SSSR count). The summed E-state index contributed by atoms with van der Waals surface area (Å²) in [5.41, 5.74) is 0.174. The summed E-state index contributed by atoms with van der Waals surface area (Å²) < 4.78 is 96.6. The minimum atomic E-state index is -4.94. The Morgan fingerprint density at radius 1 is 0.971 bits per heavy atom. The molecular weight excluding hydrogens is 483 g/mol. The number of phenols is 1. The third kappa shape index (κ3) is 4.13. The highest BCUT2D eigenvalue weighted by Gasteiger charge is 2.32. The van der Waals surface area contributed by atoms with Crippen LogP contribution in [0.5, 0.6) is 11.5 Å². The van der Waals surface area contributed by atoms with Gasteiger partial charge in [-0.05, 0) is 60.2 Å². The molecule has 0 aliphatic carbocycles. The van der Waals surface area contributed by atoms with Gasteiger partial charge in [0.15, 0.2) is 11.6 Å². The second-order valence-corrected chi connectivity index (χ2v) is 8.75. The summed E-state index contributed by atoms with van der Waals surface area (Å²) in [5.74, 6) is -4.63. The van der Waals surface area contributed by atoms with E-state index in [0.717, 1.165) is 24.3 Å². The fraction of sp³-hybridized carbons (Fsp3) is 0.0455. The molecule has 0 saturated carbocycles. The van der Waals surface area contributed by atoms with Crippen LogP contribution in [0.15, 0.2) is 65.6 Å². The standard InChI is InChI=1S/C22H11F5N2O4S/c23-15-9-17(24)21(30)20(10-15)34(31,32)29-18-6-1-12(11-28)7-14(18)8-19(29)13-2-4-16(5-3-13)33-22(25,26)27/h1-10,30H. The fourth-order valence-electron chi connectivity index (χ4n) is 3.38. The van der Waals surface area contributed by atoms with Gasteiger partial charge in [0.2, 0.25) is 0 Å². The number of aromatic hydroxyl groups is 1. The summed E-state index contributed by atoms with van der Waals surface area (Å²) in [6, 6.07) is 12.1. The number of nitriles is 1. The monoisotopic (exact) mass is 494 g/mol. The Kier molecular flexibility index (Phi) is 5.45. The van der Waals surface area contributed by atoms with Crippen molar-refractivity contribution in [1.29, 1.82) is 5.26 Å².